The molecule has 1 aliphatic heterocycles. The smallest absolute Gasteiger partial charge is 0.316 e. The van der Waals surface area contributed by atoms with Crippen LogP contribution in [0.15, 0.2) is 71.5 Å². The minimum absolute atomic E-state index is 0. The first-order valence-corrected chi connectivity index (χ1v) is 10.1. The van der Waals surface area contributed by atoms with Gasteiger partial charge in [0.2, 0.25) is 0 Å². The summed E-state index contributed by atoms with van der Waals surface area (Å²) in [6.07, 6.45) is 2.12. The summed E-state index contributed by atoms with van der Waals surface area (Å²) in [5, 5.41) is 9.30. The molecule has 1 unspecified atom stereocenters. The Morgan fingerprint density at radius 2 is 1.74 bits per heavy atom. The van der Waals surface area contributed by atoms with Crippen LogP contribution >= 0.6 is 24.8 Å². The molecule has 2 aromatic heterocycles. The Hall–Kier alpha value is -2.67. The summed E-state index contributed by atoms with van der Waals surface area (Å²) in [5.41, 5.74) is 2.50. The van der Waals surface area contributed by atoms with E-state index < -0.39 is 0 Å². The highest BCUT2D eigenvalue weighted by Gasteiger charge is 2.25. The number of rotatable bonds is 4. The molecule has 0 amide bonds. The van der Waals surface area contributed by atoms with Crippen molar-refractivity contribution in [3.05, 3.63) is 88.7 Å². The van der Waals surface area contributed by atoms with Crippen LogP contribution in [0.4, 0.5) is 0 Å². The topological polar surface area (TPSA) is 64.7 Å². The number of aromatic nitrogens is 4. The Kier molecular flexibility index (Phi) is 7.49. The van der Waals surface area contributed by atoms with Crippen molar-refractivity contribution >= 4 is 35.7 Å². The van der Waals surface area contributed by atoms with Crippen LogP contribution in [-0.4, -0.2) is 32.4 Å². The SMILES string of the molecule is Cl.Cl.O=c1n(Cc2ccc3ccccc3n2)nc(C2CCCNC2)n1-c1ccccc1. The fraction of sp³-hybridized carbons (Fsp3) is 0.261. The van der Waals surface area contributed by atoms with Crippen molar-refractivity contribution in [3.63, 3.8) is 0 Å². The van der Waals surface area contributed by atoms with Gasteiger partial charge in [-0.2, -0.15) is 5.10 Å². The van der Waals surface area contributed by atoms with E-state index in [9.17, 15) is 4.79 Å². The minimum Gasteiger partial charge on any atom is -0.316 e. The van der Waals surface area contributed by atoms with Gasteiger partial charge >= 0.3 is 5.69 Å². The lowest BCUT2D eigenvalue weighted by Crippen LogP contribution is -2.31. The second-order valence-electron chi connectivity index (χ2n) is 7.51. The maximum Gasteiger partial charge on any atom is 0.350 e. The highest BCUT2D eigenvalue weighted by Crippen LogP contribution is 2.23. The number of nitrogens with one attached hydrogen (secondary N) is 1. The molecule has 8 heteroatoms. The Labute approximate surface area is 193 Å². The first-order valence-electron chi connectivity index (χ1n) is 10.1. The maximum absolute atomic E-state index is 13.3. The average Bonchev–Trinajstić information content (AvgIpc) is 3.11. The molecule has 162 valence electrons. The summed E-state index contributed by atoms with van der Waals surface area (Å²) in [6, 6.07) is 21.8. The summed E-state index contributed by atoms with van der Waals surface area (Å²) in [7, 11) is 0. The normalized spacial score (nSPS) is 15.8. The Morgan fingerprint density at radius 1 is 0.968 bits per heavy atom. The van der Waals surface area contributed by atoms with Crippen molar-refractivity contribution in [2.75, 3.05) is 13.1 Å². The molecule has 4 aromatic rings. The van der Waals surface area contributed by atoms with Crippen molar-refractivity contribution in [1.29, 1.82) is 0 Å². The molecule has 1 aliphatic rings. The van der Waals surface area contributed by atoms with Crippen LogP contribution in [0.1, 0.15) is 30.3 Å². The van der Waals surface area contributed by atoms with Gasteiger partial charge in [-0.25, -0.2) is 14.0 Å². The van der Waals surface area contributed by atoms with Crippen molar-refractivity contribution < 1.29 is 0 Å². The maximum atomic E-state index is 13.3. The van der Waals surface area contributed by atoms with E-state index in [1.165, 1.54) is 0 Å². The number of fused-ring (bicyclic) bond motifs is 1. The van der Waals surface area contributed by atoms with Crippen molar-refractivity contribution in [3.8, 4) is 5.69 Å². The van der Waals surface area contributed by atoms with Gasteiger partial charge in [-0.3, -0.25) is 4.98 Å². The predicted octanol–water partition coefficient (Wildman–Crippen LogP) is 3.94. The molecule has 6 nitrogen and oxygen atoms in total. The van der Waals surface area contributed by atoms with Crippen molar-refractivity contribution in [1.82, 2.24) is 24.6 Å². The summed E-state index contributed by atoms with van der Waals surface area (Å²) < 4.78 is 3.31. The molecule has 31 heavy (non-hydrogen) atoms. The molecule has 1 saturated heterocycles. The predicted molar refractivity (Wildman–Crippen MR) is 128 cm³/mol. The fourth-order valence-corrected chi connectivity index (χ4v) is 4.03. The third-order valence-electron chi connectivity index (χ3n) is 5.51. The number of hydrogen-bond donors (Lipinski definition) is 1. The highest BCUT2D eigenvalue weighted by atomic mass is 35.5. The fourth-order valence-electron chi connectivity index (χ4n) is 4.03. The third kappa shape index (κ3) is 4.66. The lowest BCUT2D eigenvalue weighted by atomic mass is 9.99. The van der Waals surface area contributed by atoms with Crippen LogP contribution in [0.3, 0.4) is 0 Å². The van der Waals surface area contributed by atoms with E-state index in [1.807, 2.05) is 66.7 Å². The third-order valence-corrected chi connectivity index (χ3v) is 5.51. The van der Waals surface area contributed by atoms with Crippen LogP contribution in [0.2, 0.25) is 0 Å². The van der Waals surface area contributed by atoms with E-state index in [-0.39, 0.29) is 36.4 Å². The van der Waals surface area contributed by atoms with Crippen LogP contribution in [0, 0.1) is 0 Å². The van der Waals surface area contributed by atoms with Gasteiger partial charge in [-0.05, 0) is 43.7 Å². The molecule has 0 spiro atoms. The zero-order valence-corrected chi connectivity index (χ0v) is 18.6. The zero-order chi connectivity index (χ0) is 19.6. The van der Waals surface area contributed by atoms with E-state index in [1.54, 1.807) is 9.25 Å². The van der Waals surface area contributed by atoms with Crippen LogP contribution in [-0.2, 0) is 6.54 Å². The monoisotopic (exact) mass is 457 g/mol. The lowest BCUT2D eigenvalue weighted by molar-refractivity contribution is 0.439. The minimum atomic E-state index is -0.119. The number of benzene rings is 2. The molecule has 2 aromatic carbocycles. The molecule has 0 radical (unpaired) electrons. The van der Waals surface area contributed by atoms with Crippen LogP contribution in [0.25, 0.3) is 16.6 Å². The highest BCUT2D eigenvalue weighted by molar-refractivity contribution is 5.85. The number of nitrogens with zero attached hydrogens (tertiary/aromatic N) is 4. The molecule has 1 fully saturated rings. The second-order valence-corrected chi connectivity index (χ2v) is 7.51. The Balaban J connectivity index is 0.00000136. The summed E-state index contributed by atoms with van der Waals surface area (Å²) in [4.78, 5) is 18.0. The van der Waals surface area contributed by atoms with E-state index in [2.05, 4.69) is 5.32 Å². The number of piperidine rings is 1. The molecule has 1 atom stereocenters. The average molecular weight is 458 g/mol. The van der Waals surface area contributed by atoms with Crippen LogP contribution < -0.4 is 11.0 Å². The molecule has 0 aliphatic carbocycles. The zero-order valence-electron chi connectivity index (χ0n) is 17.0. The lowest BCUT2D eigenvalue weighted by Gasteiger charge is -2.22. The summed E-state index contributed by atoms with van der Waals surface area (Å²) in [6.45, 7) is 2.22. The summed E-state index contributed by atoms with van der Waals surface area (Å²) in [5.74, 6) is 1.05. The first-order chi connectivity index (χ1) is 14.3. The van der Waals surface area contributed by atoms with Gasteiger partial charge in [-0.1, -0.05) is 42.5 Å². The molecular formula is C23H25Cl2N5O. The van der Waals surface area contributed by atoms with E-state index in [4.69, 9.17) is 10.1 Å². The quantitative estimate of drug-likeness (QED) is 0.503. The number of hydrogen-bond acceptors (Lipinski definition) is 4. The number of pyridine rings is 1. The van der Waals surface area contributed by atoms with E-state index >= 15 is 0 Å². The second kappa shape index (κ2) is 10.1. The first kappa shape index (κ1) is 23.0. The summed E-state index contributed by atoms with van der Waals surface area (Å²) >= 11 is 0. The molecule has 1 N–H and O–H groups in total. The number of halogens is 2. The van der Waals surface area contributed by atoms with Gasteiger partial charge in [0.25, 0.3) is 0 Å². The Bertz CT molecular complexity index is 1200. The van der Waals surface area contributed by atoms with Crippen molar-refractivity contribution in [2.24, 2.45) is 0 Å². The van der Waals surface area contributed by atoms with Crippen molar-refractivity contribution in [2.45, 2.75) is 25.3 Å². The van der Waals surface area contributed by atoms with Gasteiger partial charge in [-0.15, -0.1) is 24.8 Å². The molecule has 0 saturated carbocycles. The Morgan fingerprint density at radius 3 is 2.52 bits per heavy atom. The van der Waals surface area contributed by atoms with Gasteiger partial charge in [0.15, 0.2) is 0 Å². The molecule has 5 rings (SSSR count). The van der Waals surface area contributed by atoms with E-state index in [0.717, 1.165) is 54.0 Å². The molecule has 0 bridgehead atoms. The largest absolute Gasteiger partial charge is 0.350 e. The van der Waals surface area contributed by atoms with E-state index in [0.29, 0.717) is 6.54 Å². The molecular weight excluding hydrogens is 433 g/mol. The van der Waals surface area contributed by atoms with Crippen LogP contribution in [0.5, 0.6) is 0 Å². The number of para-hydroxylation sites is 2. The standard InChI is InChI=1S/C23H23N5O.2ClH/c29-23-27(16-19-13-12-17-7-4-5-11-21(17)25-19)26-22(18-8-6-14-24-15-18)28(23)20-9-2-1-3-10-20;;/h1-5,7,9-13,18,24H,6,8,14-16H2;2*1H. The van der Waals surface area contributed by atoms with Gasteiger partial charge in [0.05, 0.1) is 23.4 Å². The van der Waals surface area contributed by atoms with Gasteiger partial charge in [0, 0.05) is 17.8 Å². The van der Waals surface area contributed by atoms with Gasteiger partial charge < -0.3 is 5.32 Å². The molecule has 3 heterocycles. The van der Waals surface area contributed by atoms with Gasteiger partial charge in [0.1, 0.15) is 5.82 Å².